The molecule has 1 saturated carbocycles. The van der Waals surface area contributed by atoms with Gasteiger partial charge in [0.25, 0.3) is 0 Å². The maximum atomic E-state index is 13.0. The third kappa shape index (κ3) is 7.15. The lowest BCUT2D eigenvalue weighted by molar-refractivity contribution is -0.143. The van der Waals surface area contributed by atoms with Gasteiger partial charge in [0.15, 0.2) is 11.1 Å². The van der Waals surface area contributed by atoms with E-state index in [4.69, 9.17) is 12.2 Å². The van der Waals surface area contributed by atoms with Crippen LogP contribution in [0.15, 0.2) is 23.2 Å². The summed E-state index contributed by atoms with van der Waals surface area (Å²) in [5.41, 5.74) is -3.20. The predicted molar refractivity (Wildman–Crippen MR) is 112 cm³/mol. The standard InChI is InChI=1S/C19H25F6N5S/c1-26-16(30(2)3)28-14-6-4-5-7-15(14)29-17(31)27-13-9-11(18(20,21)22)8-12(10-13)19(23,24)25/h8-10,14-15H,4-7H2,1-3H3,(H,26,28)(H2,27,29,31)/t14-,15-/m1/s1. The summed E-state index contributed by atoms with van der Waals surface area (Å²) in [4.78, 5) is 6.48. The van der Waals surface area contributed by atoms with Crippen LogP contribution in [-0.4, -0.2) is 49.2 Å². The van der Waals surface area contributed by atoms with Gasteiger partial charge in [-0.15, -0.1) is 0 Å². The Morgan fingerprint density at radius 3 is 2.03 bits per heavy atom. The highest BCUT2D eigenvalue weighted by atomic mass is 32.1. The zero-order valence-electron chi connectivity index (χ0n) is 17.3. The van der Waals surface area contributed by atoms with Gasteiger partial charge in [0.05, 0.1) is 23.2 Å². The number of hydrogen-bond acceptors (Lipinski definition) is 2. The fraction of sp³-hybridized carbons (Fsp3) is 0.579. The lowest BCUT2D eigenvalue weighted by Crippen LogP contribution is -2.47. The number of alkyl halides is 6. The molecule has 12 heteroatoms. The average molecular weight is 469 g/mol. The van der Waals surface area contributed by atoms with Crippen molar-refractivity contribution in [2.24, 2.45) is 4.99 Å². The second-order valence-corrected chi connectivity index (χ2v) is 7.86. The van der Waals surface area contributed by atoms with Crippen LogP contribution in [-0.2, 0) is 12.4 Å². The van der Waals surface area contributed by atoms with E-state index in [0.717, 1.165) is 25.7 Å². The summed E-state index contributed by atoms with van der Waals surface area (Å²) in [5, 5.41) is 8.41. The molecule has 1 aliphatic carbocycles. The molecule has 0 saturated heterocycles. The van der Waals surface area contributed by atoms with E-state index in [1.165, 1.54) is 0 Å². The van der Waals surface area contributed by atoms with Gasteiger partial charge in [0.1, 0.15) is 0 Å². The van der Waals surface area contributed by atoms with Crippen molar-refractivity contribution in [3.05, 3.63) is 29.3 Å². The average Bonchev–Trinajstić information content (AvgIpc) is 2.65. The molecule has 3 N–H and O–H groups in total. The third-order valence-corrected chi connectivity index (χ3v) is 5.05. The molecule has 2 atom stereocenters. The number of halogens is 6. The molecule has 0 aliphatic heterocycles. The van der Waals surface area contributed by atoms with Gasteiger partial charge in [-0.1, -0.05) is 12.8 Å². The Hall–Kier alpha value is -2.24. The van der Waals surface area contributed by atoms with Crippen molar-refractivity contribution in [1.82, 2.24) is 15.5 Å². The Morgan fingerprint density at radius 2 is 1.55 bits per heavy atom. The zero-order valence-corrected chi connectivity index (χ0v) is 18.1. The molecule has 0 aromatic heterocycles. The second-order valence-electron chi connectivity index (χ2n) is 7.45. The molecule has 0 radical (unpaired) electrons. The molecular weight excluding hydrogens is 444 g/mol. The van der Waals surface area contributed by atoms with Crippen molar-refractivity contribution in [2.45, 2.75) is 50.1 Å². The van der Waals surface area contributed by atoms with Crippen LogP contribution in [0.4, 0.5) is 32.0 Å². The molecule has 174 valence electrons. The minimum atomic E-state index is -4.92. The third-order valence-electron chi connectivity index (χ3n) is 4.83. The first-order chi connectivity index (χ1) is 14.3. The van der Waals surface area contributed by atoms with E-state index in [1.54, 1.807) is 7.05 Å². The van der Waals surface area contributed by atoms with Crippen molar-refractivity contribution in [2.75, 3.05) is 26.5 Å². The highest BCUT2D eigenvalue weighted by Gasteiger charge is 2.37. The minimum absolute atomic E-state index is 0.0598. The van der Waals surface area contributed by atoms with E-state index in [9.17, 15) is 26.3 Å². The quantitative estimate of drug-likeness (QED) is 0.264. The molecule has 5 nitrogen and oxygen atoms in total. The Balaban J connectivity index is 2.20. The molecule has 1 aliphatic rings. The number of thiocarbonyl (C=S) groups is 1. The van der Waals surface area contributed by atoms with Crippen LogP contribution in [0.1, 0.15) is 36.8 Å². The van der Waals surface area contributed by atoms with Crippen LogP contribution in [0.25, 0.3) is 0 Å². The van der Waals surface area contributed by atoms with Crippen molar-refractivity contribution in [1.29, 1.82) is 0 Å². The number of nitrogens with zero attached hydrogens (tertiary/aromatic N) is 2. The smallest absolute Gasteiger partial charge is 0.359 e. The molecule has 0 unspecified atom stereocenters. The van der Waals surface area contributed by atoms with Crippen LogP contribution in [0, 0.1) is 0 Å². The number of rotatable bonds is 3. The minimum Gasteiger partial charge on any atom is -0.359 e. The number of hydrogen-bond donors (Lipinski definition) is 3. The van der Waals surface area contributed by atoms with E-state index >= 15 is 0 Å². The number of anilines is 1. The van der Waals surface area contributed by atoms with Crippen molar-refractivity contribution in [3.8, 4) is 0 Å². The molecule has 31 heavy (non-hydrogen) atoms. The van der Waals surface area contributed by atoms with E-state index in [1.807, 2.05) is 19.0 Å². The first-order valence-electron chi connectivity index (χ1n) is 9.61. The van der Waals surface area contributed by atoms with Crippen LogP contribution >= 0.6 is 12.2 Å². The van der Waals surface area contributed by atoms with Gasteiger partial charge in [-0.05, 0) is 43.3 Å². The molecular formula is C19H25F6N5S. The lowest BCUT2D eigenvalue weighted by Gasteiger charge is -2.32. The predicted octanol–water partition coefficient (Wildman–Crippen LogP) is 4.46. The largest absolute Gasteiger partial charge is 0.416 e. The van der Waals surface area contributed by atoms with Gasteiger partial charge >= 0.3 is 12.4 Å². The Morgan fingerprint density at radius 1 is 1.00 bits per heavy atom. The Bertz CT molecular complexity index is 774. The molecule has 0 bridgehead atoms. The van der Waals surface area contributed by atoms with Crippen molar-refractivity contribution >= 4 is 29.0 Å². The van der Waals surface area contributed by atoms with Crippen LogP contribution in [0.5, 0.6) is 0 Å². The van der Waals surface area contributed by atoms with E-state index in [2.05, 4.69) is 20.9 Å². The zero-order chi connectivity index (χ0) is 23.4. The van der Waals surface area contributed by atoms with E-state index < -0.39 is 23.5 Å². The van der Waals surface area contributed by atoms with Crippen LogP contribution in [0.2, 0.25) is 0 Å². The molecule has 2 rings (SSSR count). The molecule has 1 aromatic rings. The number of benzene rings is 1. The fourth-order valence-corrected chi connectivity index (χ4v) is 3.63. The molecule has 0 amide bonds. The normalized spacial score (nSPS) is 20.2. The number of nitrogens with one attached hydrogen (secondary N) is 3. The summed E-state index contributed by atoms with van der Waals surface area (Å²) in [7, 11) is 5.40. The monoisotopic (exact) mass is 469 g/mol. The topological polar surface area (TPSA) is 51.7 Å². The lowest BCUT2D eigenvalue weighted by atomic mass is 9.91. The molecule has 0 spiro atoms. The molecule has 0 heterocycles. The van der Waals surface area contributed by atoms with Gasteiger partial charge in [0.2, 0.25) is 0 Å². The van der Waals surface area contributed by atoms with Gasteiger partial charge < -0.3 is 20.9 Å². The summed E-state index contributed by atoms with van der Waals surface area (Å²) >= 11 is 5.18. The number of guanidine groups is 1. The van der Waals surface area contributed by atoms with Crippen molar-refractivity contribution < 1.29 is 26.3 Å². The van der Waals surface area contributed by atoms with Gasteiger partial charge in [-0.25, -0.2) is 4.99 Å². The van der Waals surface area contributed by atoms with Gasteiger partial charge in [-0.2, -0.15) is 26.3 Å². The van der Waals surface area contributed by atoms with E-state index in [-0.39, 0.29) is 28.9 Å². The molecule has 1 fully saturated rings. The SMILES string of the molecule is CNC(=N[C@@H]1CCCC[C@H]1NC(=S)Nc1cc(C(F)(F)F)cc(C(F)(F)F)c1)N(C)C. The second kappa shape index (κ2) is 9.92. The summed E-state index contributed by atoms with van der Waals surface area (Å²) < 4.78 is 78.3. The highest BCUT2D eigenvalue weighted by Crippen LogP contribution is 2.37. The van der Waals surface area contributed by atoms with Crippen LogP contribution in [0.3, 0.4) is 0 Å². The summed E-state index contributed by atoms with van der Waals surface area (Å²) in [6.07, 6.45) is -6.49. The maximum Gasteiger partial charge on any atom is 0.416 e. The fourth-order valence-electron chi connectivity index (χ4n) is 3.36. The van der Waals surface area contributed by atoms with Crippen molar-refractivity contribution in [3.63, 3.8) is 0 Å². The number of aliphatic imine (C=N–C) groups is 1. The summed E-state index contributed by atoms with van der Waals surface area (Å²) in [5.74, 6) is 0.658. The first kappa shape index (κ1) is 25.0. The highest BCUT2D eigenvalue weighted by molar-refractivity contribution is 7.80. The van der Waals surface area contributed by atoms with E-state index in [0.29, 0.717) is 18.1 Å². The summed E-state index contributed by atoms with van der Waals surface area (Å²) in [6, 6.07) is 0.930. The van der Waals surface area contributed by atoms with Crippen LogP contribution < -0.4 is 16.0 Å². The Kier molecular flexibility index (Phi) is 8.01. The first-order valence-corrected chi connectivity index (χ1v) is 10.0. The summed E-state index contributed by atoms with van der Waals surface area (Å²) in [6.45, 7) is 0. The van der Waals surface area contributed by atoms with Gasteiger partial charge in [-0.3, -0.25) is 0 Å². The maximum absolute atomic E-state index is 13.0. The molecule has 1 aromatic carbocycles. The Labute approximate surface area is 182 Å². The van der Waals surface area contributed by atoms with Gasteiger partial charge in [0, 0.05) is 26.8 Å².